The molecule has 1 atom stereocenters. The number of rotatable bonds is 3. The molecule has 118 valence electrons. The van der Waals surface area contributed by atoms with E-state index in [0.717, 1.165) is 18.2 Å². The summed E-state index contributed by atoms with van der Waals surface area (Å²) in [6.45, 7) is 0. The fourth-order valence-electron chi connectivity index (χ4n) is 2.02. The van der Waals surface area contributed by atoms with Gasteiger partial charge in [-0.25, -0.2) is 0 Å². The number of hydrogen-bond donors (Lipinski definition) is 2. The first-order valence-electron chi connectivity index (χ1n) is 6.55. The SMILES string of the molecule is N#CC(C(=O)Nc1ccccc1)c1ccc(C(F)(F)F)cc1N. The molecule has 0 heterocycles. The number of halogens is 3. The van der Waals surface area contributed by atoms with Gasteiger partial charge in [0.2, 0.25) is 5.91 Å². The van der Waals surface area contributed by atoms with Crippen LogP contribution in [0.5, 0.6) is 0 Å². The first-order chi connectivity index (χ1) is 10.8. The average molecular weight is 319 g/mol. The lowest BCUT2D eigenvalue weighted by Crippen LogP contribution is -2.21. The number of carbonyl (C=O) groups excluding carboxylic acids is 1. The van der Waals surface area contributed by atoms with E-state index >= 15 is 0 Å². The standard InChI is InChI=1S/C16H12F3N3O/c17-16(18,19)10-6-7-12(14(21)8-10)13(9-20)15(23)22-11-4-2-1-3-5-11/h1-8,13H,21H2,(H,22,23). The van der Waals surface area contributed by atoms with Crippen molar-refractivity contribution in [3.63, 3.8) is 0 Å². The van der Waals surface area contributed by atoms with Gasteiger partial charge in [-0.2, -0.15) is 18.4 Å². The smallest absolute Gasteiger partial charge is 0.398 e. The molecule has 2 aromatic carbocycles. The number of nitriles is 1. The summed E-state index contributed by atoms with van der Waals surface area (Å²) in [5, 5.41) is 11.7. The maximum Gasteiger partial charge on any atom is 0.416 e. The molecule has 7 heteroatoms. The summed E-state index contributed by atoms with van der Waals surface area (Å²) in [6.07, 6.45) is -4.54. The number of alkyl halides is 3. The monoisotopic (exact) mass is 319 g/mol. The van der Waals surface area contributed by atoms with Crippen molar-refractivity contribution in [3.8, 4) is 6.07 Å². The number of hydrogen-bond acceptors (Lipinski definition) is 3. The van der Waals surface area contributed by atoms with Crippen LogP contribution in [0, 0.1) is 11.3 Å². The van der Waals surface area contributed by atoms with Gasteiger partial charge in [0.25, 0.3) is 0 Å². The number of nitrogen functional groups attached to an aromatic ring is 1. The van der Waals surface area contributed by atoms with Gasteiger partial charge in [0, 0.05) is 16.9 Å². The molecule has 4 nitrogen and oxygen atoms in total. The minimum Gasteiger partial charge on any atom is -0.398 e. The third-order valence-corrected chi connectivity index (χ3v) is 3.16. The summed E-state index contributed by atoms with van der Waals surface area (Å²) in [5.74, 6) is -1.97. The van der Waals surface area contributed by atoms with E-state index in [1.165, 1.54) is 0 Å². The van der Waals surface area contributed by atoms with Gasteiger partial charge in [0.1, 0.15) is 0 Å². The van der Waals surface area contributed by atoms with E-state index < -0.39 is 23.6 Å². The molecule has 3 N–H and O–H groups in total. The summed E-state index contributed by atoms with van der Waals surface area (Å²) >= 11 is 0. The fraction of sp³-hybridized carbons (Fsp3) is 0.125. The van der Waals surface area contributed by atoms with Crippen molar-refractivity contribution >= 4 is 17.3 Å². The number of benzene rings is 2. The van der Waals surface area contributed by atoms with Crippen molar-refractivity contribution in [2.75, 3.05) is 11.1 Å². The number of para-hydroxylation sites is 1. The van der Waals surface area contributed by atoms with Crippen molar-refractivity contribution in [3.05, 3.63) is 59.7 Å². The predicted octanol–water partition coefficient (Wildman–Crippen LogP) is 3.53. The van der Waals surface area contributed by atoms with Gasteiger partial charge < -0.3 is 11.1 Å². The summed E-state index contributed by atoms with van der Waals surface area (Å²) < 4.78 is 37.9. The Morgan fingerprint density at radius 2 is 1.83 bits per heavy atom. The van der Waals surface area contributed by atoms with E-state index in [-0.39, 0.29) is 11.3 Å². The van der Waals surface area contributed by atoms with Crippen molar-refractivity contribution < 1.29 is 18.0 Å². The minimum absolute atomic E-state index is 0.0360. The second kappa shape index (κ2) is 6.40. The van der Waals surface area contributed by atoms with Crippen LogP contribution in [-0.4, -0.2) is 5.91 Å². The molecule has 0 aliphatic heterocycles. The first kappa shape index (κ1) is 16.4. The quantitative estimate of drug-likeness (QED) is 0.849. The lowest BCUT2D eigenvalue weighted by Gasteiger charge is -2.14. The van der Waals surface area contributed by atoms with Crippen molar-refractivity contribution in [1.82, 2.24) is 0 Å². The van der Waals surface area contributed by atoms with Crippen LogP contribution in [0.1, 0.15) is 17.0 Å². The average Bonchev–Trinajstić information content (AvgIpc) is 2.49. The van der Waals surface area contributed by atoms with Crippen LogP contribution in [0.25, 0.3) is 0 Å². The van der Waals surface area contributed by atoms with Crippen LogP contribution in [0.15, 0.2) is 48.5 Å². The number of nitrogens with one attached hydrogen (secondary N) is 1. The molecule has 0 aliphatic rings. The molecular formula is C16H12F3N3O. The molecule has 0 saturated carbocycles. The molecule has 0 aliphatic carbocycles. The van der Waals surface area contributed by atoms with E-state index in [2.05, 4.69) is 5.32 Å². The highest BCUT2D eigenvalue weighted by atomic mass is 19.4. The second-order valence-electron chi connectivity index (χ2n) is 4.76. The molecule has 1 amide bonds. The van der Waals surface area contributed by atoms with Gasteiger partial charge in [-0.05, 0) is 24.3 Å². The third kappa shape index (κ3) is 3.80. The molecule has 2 rings (SSSR count). The molecule has 0 aromatic heterocycles. The van der Waals surface area contributed by atoms with E-state index in [4.69, 9.17) is 5.73 Å². The van der Waals surface area contributed by atoms with Crippen LogP contribution in [0.3, 0.4) is 0 Å². The van der Waals surface area contributed by atoms with E-state index in [0.29, 0.717) is 5.69 Å². The highest BCUT2D eigenvalue weighted by Gasteiger charge is 2.32. The molecule has 0 spiro atoms. The van der Waals surface area contributed by atoms with Crippen molar-refractivity contribution in [2.45, 2.75) is 12.1 Å². The molecule has 0 fully saturated rings. The first-order valence-corrected chi connectivity index (χ1v) is 6.55. The molecule has 23 heavy (non-hydrogen) atoms. The lowest BCUT2D eigenvalue weighted by atomic mass is 9.96. The van der Waals surface area contributed by atoms with Crippen LogP contribution >= 0.6 is 0 Å². The zero-order valence-corrected chi connectivity index (χ0v) is 11.8. The fourth-order valence-corrected chi connectivity index (χ4v) is 2.02. The van der Waals surface area contributed by atoms with Gasteiger partial charge in [-0.3, -0.25) is 4.79 Å². The van der Waals surface area contributed by atoms with Crippen LogP contribution in [-0.2, 0) is 11.0 Å². The normalized spacial score (nSPS) is 12.3. The Hall–Kier alpha value is -3.01. The zero-order chi connectivity index (χ0) is 17.0. The van der Waals surface area contributed by atoms with Gasteiger partial charge in [0.15, 0.2) is 5.92 Å². The minimum atomic E-state index is -4.54. The van der Waals surface area contributed by atoms with Gasteiger partial charge in [-0.15, -0.1) is 0 Å². The van der Waals surface area contributed by atoms with Crippen molar-refractivity contribution in [1.29, 1.82) is 5.26 Å². The number of amides is 1. The summed E-state index contributed by atoms with van der Waals surface area (Å²) in [7, 11) is 0. The van der Waals surface area contributed by atoms with Crippen LogP contribution in [0.4, 0.5) is 24.5 Å². The summed E-state index contributed by atoms with van der Waals surface area (Å²) in [5.41, 5.74) is 4.92. The number of nitrogens with zero attached hydrogens (tertiary/aromatic N) is 1. The largest absolute Gasteiger partial charge is 0.416 e. The Labute approximate surface area is 130 Å². The molecule has 0 saturated heterocycles. The zero-order valence-electron chi connectivity index (χ0n) is 11.8. The highest BCUT2D eigenvalue weighted by Crippen LogP contribution is 2.33. The third-order valence-electron chi connectivity index (χ3n) is 3.16. The maximum atomic E-state index is 12.6. The molecule has 0 bridgehead atoms. The Morgan fingerprint density at radius 1 is 1.17 bits per heavy atom. The van der Waals surface area contributed by atoms with Gasteiger partial charge in [-0.1, -0.05) is 24.3 Å². The number of nitrogens with two attached hydrogens (primary N) is 1. The highest BCUT2D eigenvalue weighted by molar-refractivity contribution is 5.98. The molecular weight excluding hydrogens is 307 g/mol. The van der Waals surface area contributed by atoms with E-state index in [1.807, 2.05) is 0 Å². The Balaban J connectivity index is 2.28. The molecule has 2 aromatic rings. The predicted molar refractivity (Wildman–Crippen MR) is 79.3 cm³/mol. The Morgan fingerprint density at radius 3 is 2.35 bits per heavy atom. The summed E-state index contributed by atoms with van der Waals surface area (Å²) in [6, 6.07) is 12.7. The van der Waals surface area contributed by atoms with Gasteiger partial charge in [0.05, 0.1) is 11.6 Å². The molecule has 1 unspecified atom stereocenters. The Kier molecular flexibility index (Phi) is 4.55. The van der Waals surface area contributed by atoms with Crippen LogP contribution < -0.4 is 11.1 Å². The summed E-state index contributed by atoms with van der Waals surface area (Å²) in [4.78, 5) is 12.2. The topological polar surface area (TPSA) is 78.9 Å². The Bertz CT molecular complexity index is 751. The van der Waals surface area contributed by atoms with E-state index in [9.17, 15) is 23.2 Å². The van der Waals surface area contributed by atoms with Crippen molar-refractivity contribution in [2.24, 2.45) is 0 Å². The lowest BCUT2D eigenvalue weighted by molar-refractivity contribution is -0.137. The van der Waals surface area contributed by atoms with Gasteiger partial charge >= 0.3 is 6.18 Å². The van der Waals surface area contributed by atoms with Crippen LogP contribution in [0.2, 0.25) is 0 Å². The number of anilines is 2. The second-order valence-corrected chi connectivity index (χ2v) is 4.76. The maximum absolute atomic E-state index is 12.6. The molecule has 0 radical (unpaired) electrons. The van der Waals surface area contributed by atoms with E-state index in [1.54, 1.807) is 36.4 Å². The number of carbonyl (C=O) groups is 1.